The smallest absolute Gasteiger partial charge is 0.157 e. The van der Waals surface area contributed by atoms with Gasteiger partial charge in [-0.3, -0.25) is 4.99 Å². The summed E-state index contributed by atoms with van der Waals surface area (Å²) in [5.41, 5.74) is 0. The van der Waals surface area contributed by atoms with E-state index >= 15 is 0 Å². The molecule has 0 aromatic carbocycles. The zero-order chi connectivity index (χ0) is 11.5. The molecule has 1 fully saturated rings. The second kappa shape index (κ2) is 5.41. The summed E-state index contributed by atoms with van der Waals surface area (Å²) in [6.45, 7) is 7.99. The molecule has 0 saturated carbocycles. The number of nitrogens with zero attached hydrogens (tertiary/aromatic N) is 2. The van der Waals surface area contributed by atoms with Crippen LogP contribution in [0.25, 0.3) is 0 Å². The zero-order valence-electron chi connectivity index (χ0n) is 10.6. The van der Waals surface area contributed by atoms with E-state index in [0.717, 1.165) is 12.5 Å². The Morgan fingerprint density at radius 3 is 3.00 bits per heavy atom. The summed E-state index contributed by atoms with van der Waals surface area (Å²) >= 11 is 1.93. The molecule has 3 atom stereocenters. The molecule has 0 aromatic rings. The SMILES string of the molecule is CCC1CN=C(NC2CCN(C)CC2C)S1. The molecule has 0 amide bonds. The van der Waals surface area contributed by atoms with Crippen LogP contribution in [0.3, 0.4) is 0 Å². The molecular formula is C12H23N3S. The Morgan fingerprint density at radius 1 is 1.56 bits per heavy atom. The van der Waals surface area contributed by atoms with Crippen molar-refractivity contribution < 1.29 is 0 Å². The van der Waals surface area contributed by atoms with Gasteiger partial charge in [0.15, 0.2) is 5.17 Å². The van der Waals surface area contributed by atoms with Crippen LogP contribution in [0.1, 0.15) is 26.7 Å². The van der Waals surface area contributed by atoms with Gasteiger partial charge in [-0.2, -0.15) is 0 Å². The van der Waals surface area contributed by atoms with E-state index in [-0.39, 0.29) is 0 Å². The highest BCUT2D eigenvalue weighted by Gasteiger charge is 2.27. The summed E-state index contributed by atoms with van der Waals surface area (Å²) in [4.78, 5) is 7.01. The number of piperidine rings is 1. The number of nitrogens with one attached hydrogen (secondary N) is 1. The summed E-state index contributed by atoms with van der Waals surface area (Å²) in [5, 5.41) is 5.54. The first-order valence-electron chi connectivity index (χ1n) is 6.35. The molecule has 3 unspecified atom stereocenters. The van der Waals surface area contributed by atoms with E-state index in [1.54, 1.807) is 0 Å². The molecular weight excluding hydrogens is 218 g/mol. The van der Waals surface area contributed by atoms with Gasteiger partial charge in [0.2, 0.25) is 0 Å². The summed E-state index contributed by atoms with van der Waals surface area (Å²) in [6.07, 6.45) is 2.47. The Morgan fingerprint density at radius 2 is 2.38 bits per heavy atom. The molecule has 1 N–H and O–H groups in total. The first-order chi connectivity index (χ1) is 7.69. The predicted molar refractivity (Wildman–Crippen MR) is 72.2 cm³/mol. The van der Waals surface area contributed by atoms with E-state index < -0.39 is 0 Å². The second-order valence-corrected chi connectivity index (χ2v) is 6.36. The van der Waals surface area contributed by atoms with Crippen LogP contribution in [0.5, 0.6) is 0 Å². The quantitative estimate of drug-likeness (QED) is 0.799. The minimum absolute atomic E-state index is 0.623. The third-order valence-electron chi connectivity index (χ3n) is 3.59. The largest absolute Gasteiger partial charge is 0.362 e. The van der Waals surface area contributed by atoms with Gasteiger partial charge in [-0.05, 0) is 32.4 Å². The summed E-state index contributed by atoms with van der Waals surface area (Å²) in [6, 6.07) is 0.623. The van der Waals surface area contributed by atoms with Gasteiger partial charge in [-0.1, -0.05) is 25.6 Å². The van der Waals surface area contributed by atoms with Gasteiger partial charge >= 0.3 is 0 Å². The van der Waals surface area contributed by atoms with Gasteiger partial charge in [0, 0.05) is 17.8 Å². The van der Waals surface area contributed by atoms with Gasteiger partial charge in [-0.25, -0.2) is 0 Å². The molecule has 1 saturated heterocycles. The van der Waals surface area contributed by atoms with Crippen molar-refractivity contribution in [3.63, 3.8) is 0 Å². The number of hydrogen-bond donors (Lipinski definition) is 1. The standard InChI is InChI=1S/C12H23N3S/c1-4-10-7-13-12(16-10)14-11-5-6-15(3)8-9(11)2/h9-11H,4-8H2,1-3H3,(H,13,14). The lowest BCUT2D eigenvalue weighted by molar-refractivity contribution is 0.187. The molecule has 2 rings (SSSR count). The maximum absolute atomic E-state index is 4.59. The number of hydrogen-bond acceptors (Lipinski definition) is 4. The first-order valence-corrected chi connectivity index (χ1v) is 7.23. The van der Waals surface area contributed by atoms with Crippen molar-refractivity contribution >= 4 is 16.9 Å². The first kappa shape index (κ1) is 12.2. The lowest BCUT2D eigenvalue weighted by Gasteiger charge is -2.35. The molecule has 0 bridgehead atoms. The number of aliphatic imine (C=N–C) groups is 1. The molecule has 3 nitrogen and oxygen atoms in total. The molecule has 0 spiro atoms. The van der Waals surface area contributed by atoms with E-state index in [1.165, 1.54) is 31.1 Å². The molecule has 0 aliphatic carbocycles. The van der Waals surface area contributed by atoms with Gasteiger partial charge in [0.25, 0.3) is 0 Å². The number of rotatable bonds is 2. The average Bonchev–Trinajstić information content (AvgIpc) is 2.70. The Hall–Kier alpha value is -0.220. The van der Waals surface area contributed by atoms with Crippen molar-refractivity contribution in [3.05, 3.63) is 0 Å². The van der Waals surface area contributed by atoms with Crippen LogP contribution in [-0.4, -0.2) is 48.0 Å². The van der Waals surface area contributed by atoms with Crippen molar-refractivity contribution in [2.24, 2.45) is 10.9 Å². The molecule has 0 aromatic heterocycles. The number of thioether (sulfide) groups is 1. The predicted octanol–water partition coefficient (Wildman–Crippen LogP) is 1.80. The summed E-state index contributed by atoms with van der Waals surface area (Å²) < 4.78 is 0. The third-order valence-corrected chi connectivity index (χ3v) is 4.88. The molecule has 2 aliphatic heterocycles. The normalized spacial score (nSPS) is 36.2. The van der Waals surface area contributed by atoms with Crippen LogP contribution < -0.4 is 5.32 Å². The second-order valence-electron chi connectivity index (χ2n) is 5.07. The highest BCUT2D eigenvalue weighted by molar-refractivity contribution is 8.14. The fraction of sp³-hybridized carbons (Fsp3) is 0.917. The fourth-order valence-electron chi connectivity index (χ4n) is 2.44. The van der Waals surface area contributed by atoms with Crippen LogP contribution in [-0.2, 0) is 0 Å². The number of amidine groups is 1. The van der Waals surface area contributed by atoms with Crippen LogP contribution in [0, 0.1) is 5.92 Å². The van der Waals surface area contributed by atoms with E-state index in [0.29, 0.717) is 11.3 Å². The van der Waals surface area contributed by atoms with Gasteiger partial charge < -0.3 is 10.2 Å². The number of likely N-dealkylation sites (tertiary alicyclic amines) is 1. The Bertz CT molecular complexity index is 267. The van der Waals surface area contributed by atoms with E-state index in [2.05, 4.69) is 36.1 Å². The zero-order valence-corrected chi connectivity index (χ0v) is 11.4. The molecule has 2 heterocycles. The lowest BCUT2D eigenvalue weighted by Crippen LogP contribution is -2.48. The van der Waals surface area contributed by atoms with Crippen molar-refractivity contribution in [2.45, 2.75) is 38.0 Å². The molecule has 0 radical (unpaired) electrons. The van der Waals surface area contributed by atoms with Crippen LogP contribution in [0.4, 0.5) is 0 Å². The average molecular weight is 241 g/mol. The van der Waals surface area contributed by atoms with E-state index in [9.17, 15) is 0 Å². The maximum atomic E-state index is 4.59. The van der Waals surface area contributed by atoms with Crippen molar-refractivity contribution in [3.8, 4) is 0 Å². The van der Waals surface area contributed by atoms with Crippen molar-refractivity contribution in [2.75, 3.05) is 26.7 Å². The van der Waals surface area contributed by atoms with Crippen LogP contribution >= 0.6 is 11.8 Å². The minimum Gasteiger partial charge on any atom is -0.362 e. The Kier molecular flexibility index (Phi) is 4.14. The molecule has 2 aliphatic rings. The van der Waals surface area contributed by atoms with Crippen molar-refractivity contribution in [1.82, 2.24) is 10.2 Å². The molecule has 4 heteroatoms. The van der Waals surface area contributed by atoms with E-state index in [1.807, 2.05) is 11.8 Å². The Balaban J connectivity index is 1.82. The summed E-state index contributed by atoms with van der Waals surface area (Å²) in [7, 11) is 2.21. The van der Waals surface area contributed by atoms with Crippen LogP contribution in [0.2, 0.25) is 0 Å². The monoisotopic (exact) mass is 241 g/mol. The molecule has 92 valence electrons. The molecule has 16 heavy (non-hydrogen) atoms. The minimum atomic E-state index is 0.623. The summed E-state index contributed by atoms with van der Waals surface area (Å²) in [5.74, 6) is 0.725. The topological polar surface area (TPSA) is 27.6 Å². The maximum Gasteiger partial charge on any atom is 0.157 e. The Labute approximate surface area is 103 Å². The van der Waals surface area contributed by atoms with Gasteiger partial charge in [-0.15, -0.1) is 0 Å². The van der Waals surface area contributed by atoms with Gasteiger partial charge in [0.1, 0.15) is 0 Å². The van der Waals surface area contributed by atoms with Crippen LogP contribution in [0.15, 0.2) is 4.99 Å². The highest BCUT2D eigenvalue weighted by Crippen LogP contribution is 2.24. The van der Waals surface area contributed by atoms with Crippen molar-refractivity contribution in [1.29, 1.82) is 0 Å². The lowest BCUT2D eigenvalue weighted by atomic mass is 9.94. The van der Waals surface area contributed by atoms with Gasteiger partial charge in [0.05, 0.1) is 6.54 Å². The van der Waals surface area contributed by atoms with E-state index in [4.69, 9.17) is 0 Å². The highest BCUT2D eigenvalue weighted by atomic mass is 32.2. The fourth-order valence-corrected chi connectivity index (χ4v) is 3.44. The third kappa shape index (κ3) is 2.92.